The van der Waals surface area contributed by atoms with Crippen LogP contribution in [0, 0.1) is 12.5 Å². The number of esters is 1. The van der Waals surface area contributed by atoms with E-state index in [9.17, 15) is 9.59 Å². The molecule has 0 unspecified atom stereocenters. The van der Waals surface area contributed by atoms with Crippen molar-refractivity contribution in [2.24, 2.45) is 10.9 Å². The Morgan fingerprint density at radius 3 is 2.60 bits per heavy atom. The summed E-state index contributed by atoms with van der Waals surface area (Å²) in [5.74, 6) is -0.729. The maximum Gasteiger partial charge on any atom is 0.326 e. The molecule has 0 aliphatic carbocycles. The minimum absolute atomic E-state index is 0.0180. The van der Waals surface area contributed by atoms with Crippen molar-refractivity contribution < 1.29 is 14.3 Å². The van der Waals surface area contributed by atoms with Crippen LogP contribution in [0.4, 0.5) is 11.4 Å². The predicted octanol–water partition coefficient (Wildman–Crippen LogP) is 4.40. The fraction of sp³-hybridized carbons (Fsp3) is 0.333. The molecule has 0 N–H and O–H groups in total. The van der Waals surface area contributed by atoms with Gasteiger partial charge in [-0.15, -0.1) is 0 Å². The van der Waals surface area contributed by atoms with Crippen molar-refractivity contribution in [3.63, 3.8) is 0 Å². The molecule has 30 heavy (non-hydrogen) atoms. The van der Waals surface area contributed by atoms with Gasteiger partial charge in [0.25, 0.3) is 5.91 Å². The number of aliphatic imine (C=N–C) groups is 1. The second-order valence-electron chi connectivity index (χ2n) is 7.22. The zero-order valence-corrected chi connectivity index (χ0v) is 17.5. The number of carbonyl (C=O) groups excluding carboxylic acids is 2. The highest BCUT2D eigenvalue weighted by Crippen LogP contribution is 2.33. The number of ether oxygens (including phenoxy) is 1. The molecular weight excluding hydrogens is 378 g/mol. The summed E-state index contributed by atoms with van der Waals surface area (Å²) in [7, 11) is 0. The predicted molar refractivity (Wildman–Crippen MR) is 117 cm³/mol. The largest absolute Gasteiger partial charge is 0.465 e. The lowest BCUT2D eigenvalue weighted by molar-refractivity contribution is -0.142. The second-order valence-corrected chi connectivity index (χ2v) is 7.22. The first-order valence-corrected chi connectivity index (χ1v) is 10.1. The summed E-state index contributed by atoms with van der Waals surface area (Å²) in [4.78, 5) is 35.7. The monoisotopic (exact) mass is 403 g/mol. The van der Waals surface area contributed by atoms with E-state index >= 15 is 0 Å². The van der Waals surface area contributed by atoms with Crippen LogP contribution in [-0.2, 0) is 14.3 Å². The molecule has 2 aromatic rings. The Morgan fingerprint density at radius 1 is 1.23 bits per heavy atom. The fourth-order valence-electron chi connectivity index (χ4n) is 3.48. The van der Waals surface area contributed by atoms with Gasteiger partial charge >= 0.3 is 5.97 Å². The Hall–Kier alpha value is -3.46. The van der Waals surface area contributed by atoms with Crippen LogP contribution in [0.25, 0.3) is 4.85 Å². The van der Waals surface area contributed by atoms with E-state index in [1.165, 1.54) is 4.90 Å². The normalized spacial score (nSPS) is 16.7. The van der Waals surface area contributed by atoms with E-state index in [0.29, 0.717) is 22.6 Å². The smallest absolute Gasteiger partial charge is 0.326 e. The molecule has 1 aliphatic rings. The molecule has 2 aromatic carbocycles. The van der Waals surface area contributed by atoms with E-state index in [4.69, 9.17) is 16.3 Å². The van der Waals surface area contributed by atoms with Crippen LogP contribution in [0.1, 0.15) is 38.3 Å². The molecule has 0 saturated carbocycles. The molecule has 0 saturated heterocycles. The summed E-state index contributed by atoms with van der Waals surface area (Å²) >= 11 is 0. The Kier molecular flexibility index (Phi) is 6.63. The molecule has 0 spiro atoms. The van der Waals surface area contributed by atoms with E-state index in [2.05, 4.69) is 4.85 Å². The third-order valence-corrected chi connectivity index (χ3v) is 5.27. The molecule has 0 fully saturated rings. The molecule has 6 nitrogen and oxygen atoms in total. The number of rotatable bonds is 6. The number of benzodiazepines with no additional fused rings is 1. The van der Waals surface area contributed by atoms with Crippen molar-refractivity contribution in [3.05, 3.63) is 71.1 Å². The first kappa shape index (κ1) is 21.3. The van der Waals surface area contributed by atoms with E-state index in [0.717, 1.165) is 12.0 Å². The minimum atomic E-state index is -0.636. The molecule has 6 heteroatoms. The van der Waals surface area contributed by atoms with Crippen LogP contribution in [0.3, 0.4) is 0 Å². The number of carbonyl (C=O) groups is 2. The average molecular weight is 403 g/mol. The minimum Gasteiger partial charge on any atom is -0.465 e. The lowest BCUT2D eigenvalue weighted by Crippen LogP contribution is -2.43. The Balaban J connectivity index is 2.24. The molecule has 1 heterocycles. The summed E-state index contributed by atoms with van der Waals surface area (Å²) in [6.45, 7) is 13.2. The molecule has 1 amide bonds. The standard InChI is InChI=1S/C24H25N3O3/c1-5-16(3)22-24(29)27(15-21(28)30-6-2)20-13-12-18(25-4)14-19(20)23(26-22)17-10-8-7-9-11-17/h7-14,16,22H,5-6,15H2,1-3H3/t16-,22-/m0/s1. The number of hydrogen-bond donors (Lipinski definition) is 0. The van der Waals surface area contributed by atoms with Gasteiger partial charge in [0.05, 0.1) is 24.6 Å². The molecule has 0 bridgehead atoms. The van der Waals surface area contributed by atoms with Gasteiger partial charge in [-0.2, -0.15) is 0 Å². The van der Waals surface area contributed by atoms with E-state index in [1.54, 1.807) is 25.1 Å². The van der Waals surface area contributed by atoms with Crippen LogP contribution in [0.5, 0.6) is 0 Å². The third kappa shape index (κ3) is 4.25. The molecule has 0 aromatic heterocycles. The van der Waals surface area contributed by atoms with Crippen LogP contribution >= 0.6 is 0 Å². The van der Waals surface area contributed by atoms with Gasteiger partial charge in [0.2, 0.25) is 0 Å². The van der Waals surface area contributed by atoms with E-state index in [1.807, 2.05) is 44.2 Å². The van der Waals surface area contributed by atoms with Gasteiger partial charge in [-0.3, -0.25) is 19.5 Å². The Labute approximate surface area is 177 Å². The number of hydrogen-bond acceptors (Lipinski definition) is 4. The van der Waals surface area contributed by atoms with Gasteiger partial charge in [0.15, 0.2) is 5.69 Å². The van der Waals surface area contributed by atoms with Crippen LogP contribution in [0.15, 0.2) is 53.5 Å². The molecule has 1 aliphatic heterocycles. The molecule has 0 radical (unpaired) electrons. The summed E-state index contributed by atoms with van der Waals surface area (Å²) in [6, 6.07) is 14.1. The summed E-state index contributed by atoms with van der Waals surface area (Å²) in [5.41, 5.74) is 3.19. The lowest BCUT2D eigenvalue weighted by Gasteiger charge is -2.26. The van der Waals surface area contributed by atoms with Crippen molar-refractivity contribution in [1.29, 1.82) is 0 Å². The maximum absolute atomic E-state index is 13.5. The molecule has 2 atom stereocenters. The van der Waals surface area contributed by atoms with E-state index < -0.39 is 12.0 Å². The number of nitrogens with zero attached hydrogens (tertiary/aromatic N) is 3. The maximum atomic E-state index is 13.5. The molecular formula is C24H25N3O3. The summed E-state index contributed by atoms with van der Waals surface area (Å²) in [5, 5.41) is 0. The van der Waals surface area contributed by atoms with Crippen LogP contribution in [0.2, 0.25) is 0 Å². The Bertz CT molecular complexity index is 1010. The quantitative estimate of drug-likeness (QED) is 0.530. The Morgan fingerprint density at radius 2 is 1.97 bits per heavy atom. The zero-order chi connectivity index (χ0) is 21.7. The number of benzene rings is 2. The SMILES string of the molecule is [C-]#[N+]c1ccc2c(c1)C(c1ccccc1)=N[C@@H]([C@@H](C)CC)C(=O)N2CC(=O)OCC. The number of amides is 1. The zero-order valence-electron chi connectivity index (χ0n) is 17.5. The molecule has 3 rings (SSSR count). The third-order valence-electron chi connectivity index (χ3n) is 5.27. The van der Waals surface area contributed by atoms with Crippen LogP contribution in [-0.4, -0.2) is 36.8 Å². The van der Waals surface area contributed by atoms with Gasteiger partial charge in [0.1, 0.15) is 12.6 Å². The highest BCUT2D eigenvalue weighted by Gasteiger charge is 2.35. The van der Waals surface area contributed by atoms with Gasteiger partial charge in [-0.05, 0) is 25.0 Å². The van der Waals surface area contributed by atoms with E-state index in [-0.39, 0.29) is 25.0 Å². The second kappa shape index (κ2) is 9.36. The van der Waals surface area contributed by atoms with Crippen molar-refractivity contribution in [3.8, 4) is 0 Å². The van der Waals surface area contributed by atoms with Gasteiger partial charge < -0.3 is 4.74 Å². The first-order valence-electron chi connectivity index (χ1n) is 10.1. The molecule has 154 valence electrons. The lowest BCUT2D eigenvalue weighted by atomic mass is 9.97. The highest BCUT2D eigenvalue weighted by molar-refractivity contribution is 6.21. The number of anilines is 1. The van der Waals surface area contributed by atoms with Crippen molar-refractivity contribution >= 4 is 29.0 Å². The van der Waals surface area contributed by atoms with Crippen LogP contribution < -0.4 is 4.90 Å². The number of fused-ring (bicyclic) bond motifs is 1. The van der Waals surface area contributed by atoms with Crippen molar-refractivity contribution in [2.45, 2.75) is 33.2 Å². The highest BCUT2D eigenvalue weighted by atomic mass is 16.5. The van der Waals surface area contributed by atoms with Gasteiger partial charge in [0, 0.05) is 11.1 Å². The van der Waals surface area contributed by atoms with Crippen molar-refractivity contribution in [2.75, 3.05) is 18.1 Å². The first-order chi connectivity index (χ1) is 14.5. The topological polar surface area (TPSA) is 63.3 Å². The summed E-state index contributed by atoms with van der Waals surface area (Å²) in [6.07, 6.45) is 0.763. The van der Waals surface area contributed by atoms with Crippen molar-refractivity contribution in [1.82, 2.24) is 0 Å². The average Bonchev–Trinajstić information content (AvgIpc) is 2.88. The fourth-order valence-corrected chi connectivity index (χ4v) is 3.48. The van der Waals surface area contributed by atoms with Gasteiger partial charge in [-0.25, -0.2) is 4.85 Å². The van der Waals surface area contributed by atoms with Gasteiger partial charge in [-0.1, -0.05) is 56.7 Å². The summed E-state index contributed by atoms with van der Waals surface area (Å²) < 4.78 is 5.11.